The maximum Gasteiger partial charge on any atom is 0.507 e. The van der Waals surface area contributed by atoms with Crippen molar-refractivity contribution in [2.45, 2.75) is 13.3 Å². The number of carboxylic acid groups (broad SMARTS) is 2. The minimum absolute atomic E-state index is 0.437. The lowest BCUT2D eigenvalue weighted by Gasteiger charge is -1.97. The van der Waals surface area contributed by atoms with E-state index in [9.17, 15) is 4.79 Å². The van der Waals surface area contributed by atoms with E-state index in [0.717, 1.165) is 6.42 Å². The first-order chi connectivity index (χ1) is 6.54. The Morgan fingerprint density at radius 2 is 1.64 bits per heavy atom. The highest BCUT2D eigenvalue weighted by Crippen LogP contribution is 1.83. The van der Waals surface area contributed by atoms with Gasteiger partial charge in [0.15, 0.2) is 0 Å². The topological polar surface area (TPSA) is 93.1 Å². The molecule has 0 saturated carbocycles. The van der Waals surface area contributed by atoms with Gasteiger partial charge in [0.05, 0.1) is 13.7 Å². The maximum absolute atomic E-state index is 10.1. The van der Waals surface area contributed by atoms with Gasteiger partial charge in [0.2, 0.25) is 0 Å². The molecule has 84 valence electrons. The van der Waals surface area contributed by atoms with Crippen molar-refractivity contribution < 1.29 is 29.3 Å². The number of hydrogen-bond donors (Lipinski definition) is 2. The fraction of sp³-hybridized carbons (Fsp3) is 0.500. The van der Waals surface area contributed by atoms with Crippen LogP contribution in [0, 0.1) is 0 Å². The zero-order valence-electron chi connectivity index (χ0n) is 8.36. The predicted octanol–water partition coefficient (Wildman–Crippen LogP) is 2.20. The van der Waals surface area contributed by atoms with Crippen LogP contribution in [0.4, 0.5) is 9.59 Å². The van der Waals surface area contributed by atoms with Crippen LogP contribution in [-0.2, 0) is 9.47 Å². The molecule has 6 heteroatoms. The Labute approximate surface area is 82.8 Å². The van der Waals surface area contributed by atoms with E-state index in [0.29, 0.717) is 6.61 Å². The summed E-state index contributed by atoms with van der Waals surface area (Å²) in [7, 11) is 1.29. The van der Waals surface area contributed by atoms with Crippen LogP contribution in [0.25, 0.3) is 0 Å². The molecule has 0 aliphatic rings. The van der Waals surface area contributed by atoms with Crippen molar-refractivity contribution in [2.24, 2.45) is 0 Å². The zero-order chi connectivity index (χ0) is 12.0. The van der Waals surface area contributed by atoms with Crippen molar-refractivity contribution in [3.8, 4) is 0 Å². The molecule has 0 fully saturated rings. The highest BCUT2D eigenvalue weighted by atomic mass is 16.7. The molecule has 0 aromatic rings. The first-order valence-electron chi connectivity index (χ1n) is 3.67. The molecule has 0 spiro atoms. The lowest BCUT2D eigenvalue weighted by Crippen LogP contribution is -2.03. The normalized spacial score (nSPS) is 6.71. The molecule has 6 nitrogen and oxygen atoms in total. The Morgan fingerprint density at radius 1 is 1.29 bits per heavy atom. The molecule has 0 amide bonds. The molecule has 0 radical (unpaired) electrons. The van der Waals surface area contributed by atoms with Crippen LogP contribution >= 0.6 is 0 Å². The molecule has 0 heterocycles. The summed E-state index contributed by atoms with van der Waals surface area (Å²) in [5, 5.41) is 13.9. The molecule has 0 aliphatic heterocycles. The number of methoxy groups -OCH3 is 1. The quantitative estimate of drug-likeness (QED) is 0.533. The summed E-state index contributed by atoms with van der Waals surface area (Å²) in [6, 6.07) is 0. The average molecular weight is 208 g/mol. The minimum atomic E-state index is -1.83. The molecule has 0 bridgehead atoms. The summed E-state index contributed by atoms with van der Waals surface area (Å²) in [6.45, 7) is 8.36. The molecule has 0 aromatic carbocycles. The Hall–Kier alpha value is -1.72. The first kappa shape index (κ1) is 18.1. The summed E-state index contributed by atoms with van der Waals surface area (Å²) < 4.78 is 8.67. The Bertz CT molecular complexity index is 141. The standard InChI is InChI=1S/C5H10O3.C2H4.CH2O3/c1-3-4-8-5(6)7-2;1-2;2-1(3)4/h3-4H2,1-2H3;1-2H2;(H2,2,3,4). The van der Waals surface area contributed by atoms with Gasteiger partial charge in [-0.05, 0) is 6.42 Å². The van der Waals surface area contributed by atoms with E-state index < -0.39 is 12.3 Å². The van der Waals surface area contributed by atoms with Crippen LogP contribution in [0.1, 0.15) is 13.3 Å². The molecule has 0 atom stereocenters. The second-order valence-electron chi connectivity index (χ2n) is 1.59. The van der Waals surface area contributed by atoms with Gasteiger partial charge in [-0.2, -0.15) is 0 Å². The van der Waals surface area contributed by atoms with Crippen molar-refractivity contribution in [2.75, 3.05) is 13.7 Å². The highest BCUT2D eigenvalue weighted by Gasteiger charge is 1.95. The first-order valence-corrected chi connectivity index (χ1v) is 3.67. The summed E-state index contributed by atoms with van der Waals surface area (Å²) in [5.41, 5.74) is 0. The van der Waals surface area contributed by atoms with Crippen LogP contribution in [-0.4, -0.2) is 36.2 Å². The van der Waals surface area contributed by atoms with E-state index in [1.807, 2.05) is 6.92 Å². The molecular formula is C8H16O6. The molecule has 0 aliphatic carbocycles. The molecule has 0 aromatic heterocycles. The molecule has 14 heavy (non-hydrogen) atoms. The van der Waals surface area contributed by atoms with Crippen LogP contribution in [0.5, 0.6) is 0 Å². The van der Waals surface area contributed by atoms with Crippen molar-refractivity contribution >= 4 is 12.3 Å². The van der Waals surface area contributed by atoms with Gasteiger partial charge in [-0.15, -0.1) is 13.2 Å². The fourth-order valence-electron chi connectivity index (χ4n) is 0.244. The van der Waals surface area contributed by atoms with Gasteiger partial charge in [-0.1, -0.05) is 6.92 Å². The third-order valence-corrected chi connectivity index (χ3v) is 0.591. The van der Waals surface area contributed by atoms with Gasteiger partial charge in [0.25, 0.3) is 0 Å². The molecule has 0 rings (SSSR count). The average Bonchev–Trinajstić information content (AvgIpc) is 2.16. The van der Waals surface area contributed by atoms with E-state index in [-0.39, 0.29) is 0 Å². The summed E-state index contributed by atoms with van der Waals surface area (Å²) in [6.07, 6.45) is -1.61. The van der Waals surface area contributed by atoms with Crippen molar-refractivity contribution in [3.63, 3.8) is 0 Å². The lowest BCUT2D eigenvalue weighted by atomic mass is 10.5. The molecule has 2 N–H and O–H groups in total. The van der Waals surface area contributed by atoms with Crippen molar-refractivity contribution in [1.82, 2.24) is 0 Å². The predicted molar refractivity (Wildman–Crippen MR) is 50.6 cm³/mol. The number of rotatable bonds is 2. The summed E-state index contributed by atoms with van der Waals surface area (Å²) >= 11 is 0. The number of ether oxygens (including phenoxy) is 2. The van der Waals surface area contributed by atoms with E-state index >= 15 is 0 Å². The fourth-order valence-corrected chi connectivity index (χ4v) is 0.244. The molecule has 0 saturated heterocycles. The number of hydrogen-bond acceptors (Lipinski definition) is 4. The Kier molecular flexibility index (Phi) is 22.5. The van der Waals surface area contributed by atoms with Gasteiger partial charge in [0, 0.05) is 0 Å². The molecular weight excluding hydrogens is 192 g/mol. The minimum Gasteiger partial charge on any atom is -0.450 e. The third-order valence-electron chi connectivity index (χ3n) is 0.591. The van der Waals surface area contributed by atoms with E-state index in [4.69, 9.17) is 15.0 Å². The third kappa shape index (κ3) is 48.3. The maximum atomic E-state index is 10.1. The summed E-state index contributed by atoms with van der Waals surface area (Å²) in [5.74, 6) is 0. The van der Waals surface area contributed by atoms with Gasteiger partial charge in [-0.3, -0.25) is 0 Å². The van der Waals surface area contributed by atoms with Crippen molar-refractivity contribution in [1.29, 1.82) is 0 Å². The highest BCUT2D eigenvalue weighted by molar-refractivity contribution is 5.59. The van der Waals surface area contributed by atoms with E-state index in [1.165, 1.54) is 7.11 Å². The second-order valence-corrected chi connectivity index (χ2v) is 1.59. The lowest BCUT2D eigenvalue weighted by molar-refractivity contribution is 0.0728. The number of carbonyl (C=O) groups is 2. The van der Waals surface area contributed by atoms with E-state index in [1.54, 1.807) is 0 Å². The SMILES string of the molecule is C=C.CCCOC(=O)OC.O=C(O)O. The summed E-state index contributed by atoms with van der Waals surface area (Å²) in [4.78, 5) is 18.7. The van der Waals surface area contributed by atoms with Gasteiger partial charge in [-0.25, -0.2) is 9.59 Å². The van der Waals surface area contributed by atoms with Gasteiger partial charge >= 0.3 is 12.3 Å². The van der Waals surface area contributed by atoms with E-state index in [2.05, 4.69) is 22.6 Å². The van der Waals surface area contributed by atoms with Crippen molar-refractivity contribution in [3.05, 3.63) is 13.2 Å². The van der Waals surface area contributed by atoms with Crippen LogP contribution in [0.2, 0.25) is 0 Å². The van der Waals surface area contributed by atoms with Crippen LogP contribution in [0.3, 0.4) is 0 Å². The van der Waals surface area contributed by atoms with Gasteiger partial charge in [0.1, 0.15) is 0 Å². The molecule has 0 unspecified atom stereocenters. The zero-order valence-corrected chi connectivity index (χ0v) is 8.36. The van der Waals surface area contributed by atoms with Crippen LogP contribution < -0.4 is 0 Å². The van der Waals surface area contributed by atoms with Gasteiger partial charge < -0.3 is 19.7 Å². The Balaban J connectivity index is -0.000000170. The van der Waals surface area contributed by atoms with Crippen LogP contribution in [0.15, 0.2) is 13.2 Å². The number of carbonyl (C=O) groups excluding carboxylic acids is 1. The Morgan fingerprint density at radius 3 is 1.86 bits per heavy atom. The smallest absolute Gasteiger partial charge is 0.450 e. The largest absolute Gasteiger partial charge is 0.507 e. The monoisotopic (exact) mass is 208 g/mol. The second kappa shape index (κ2) is 17.4.